The number of sulfonamides is 1. The average molecular weight is 402 g/mol. The standard InChI is InChI=1S/C19H19N3O3S2/c1-13-8-4-7-11-17(13)27(24,25)21-19(23)15-12-22(2)18(20-15)14-9-5-6-10-16(14)26-3/h4-12H,1-3H3,(H,21,23). The number of carbonyl (C=O) groups is 1. The zero-order valence-corrected chi connectivity index (χ0v) is 16.8. The van der Waals surface area contributed by atoms with Gasteiger partial charge in [0, 0.05) is 23.7 Å². The molecule has 0 aliphatic carbocycles. The molecule has 0 radical (unpaired) electrons. The fraction of sp³-hybridized carbons (Fsp3) is 0.158. The van der Waals surface area contributed by atoms with Gasteiger partial charge < -0.3 is 4.57 Å². The third kappa shape index (κ3) is 3.91. The van der Waals surface area contributed by atoms with Crippen LogP contribution in [0, 0.1) is 6.92 Å². The van der Waals surface area contributed by atoms with Gasteiger partial charge in [0.1, 0.15) is 11.5 Å². The summed E-state index contributed by atoms with van der Waals surface area (Å²) in [5, 5.41) is 0. The van der Waals surface area contributed by atoms with Gasteiger partial charge in [-0.1, -0.05) is 36.4 Å². The zero-order valence-electron chi connectivity index (χ0n) is 15.1. The number of hydrogen-bond acceptors (Lipinski definition) is 5. The van der Waals surface area contributed by atoms with E-state index in [9.17, 15) is 13.2 Å². The van der Waals surface area contributed by atoms with Crippen molar-refractivity contribution in [2.24, 2.45) is 7.05 Å². The molecule has 27 heavy (non-hydrogen) atoms. The molecule has 0 unspecified atom stereocenters. The maximum absolute atomic E-state index is 12.5. The number of aromatic nitrogens is 2. The predicted octanol–water partition coefficient (Wildman–Crippen LogP) is 3.24. The van der Waals surface area contributed by atoms with Crippen molar-refractivity contribution in [2.75, 3.05) is 6.26 Å². The van der Waals surface area contributed by atoms with E-state index in [0.717, 1.165) is 10.5 Å². The highest BCUT2D eigenvalue weighted by Gasteiger charge is 2.23. The largest absolute Gasteiger partial charge is 0.333 e. The molecule has 3 aromatic rings. The highest BCUT2D eigenvalue weighted by Crippen LogP contribution is 2.29. The number of nitrogens with zero attached hydrogens (tertiary/aromatic N) is 2. The number of hydrogen-bond donors (Lipinski definition) is 1. The molecule has 0 saturated heterocycles. The Kier molecular flexibility index (Phi) is 5.38. The van der Waals surface area contributed by atoms with Gasteiger partial charge in [0.25, 0.3) is 15.9 Å². The number of imidazole rings is 1. The molecular formula is C19H19N3O3S2. The Bertz CT molecular complexity index is 1100. The zero-order chi connectivity index (χ0) is 19.6. The van der Waals surface area contributed by atoms with Gasteiger partial charge in [0.05, 0.1) is 4.90 Å². The van der Waals surface area contributed by atoms with Crippen molar-refractivity contribution < 1.29 is 13.2 Å². The van der Waals surface area contributed by atoms with Crippen molar-refractivity contribution in [1.82, 2.24) is 14.3 Å². The van der Waals surface area contributed by atoms with Crippen LogP contribution in [0.2, 0.25) is 0 Å². The Morgan fingerprint density at radius 1 is 1.11 bits per heavy atom. The second-order valence-corrected chi connectivity index (χ2v) is 8.46. The van der Waals surface area contributed by atoms with E-state index in [1.807, 2.05) is 30.5 Å². The van der Waals surface area contributed by atoms with Crippen molar-refractivity contribution >= 4 is 27.7 Å². The van der Waals surface area contributed by atoms with Crippen LogP contribution in [-0.4, -0.2) is 30.1 Å². The summed E-state index contributed by atoms with van der Waals surface area (Å²) < 4.78 is 28.9. The van der Waals surface area contributed by atoms with E-state index < -0.39 is 15.9 Å². The third-order valence-corrected chi connectivity index (χ3v) is 6.35. The number of thioether (sulfide) groups is 1. The van der Waals surface area contributed by atoms with Crippen LogP contribution in [0.3, 0.4) is 0 Å². The van der Waals surface area contributed by atoms with Gasteiger partial charge in [0.15, 0.2) is 0 Å². The summed E-state index contributed by atoms with van der Waals surface area (Å²) in [6.07, 6.45) is 3.49. The van der Waals surface area contributed by atoms with Crippen molar-refractivity contribution in [3.05, 3.63) is 66.0 Å². The normalized spacial score (nSPS) is 11.4. The number of amides is 1. The van der Waals surface area contributed by atoms with Gasteiger partial charge in [-0.05, 0) is 30.9 Å². The molecule has 0 atom stereocenters. The maximum atomic E-state index is 12.5. The van der Waals surface area contributed by atoms with Crippen molar-refractivity contribution in [3.8, 4) is 11.4 Å². The van der Waals surface area contributed by atoms with E-state index in [4.69, 9.17) is 0 Å². The number of rotatable bonds is 5. The number of carbonyl (C=O) groups excluding carboxylic acids is 1. The number of benzene rings is 2. The summed E-state index contributed by atoms with van der Waals surface area (Å²) in [4.78, 5) is 18.0. The fourth-order valence-electron chi connectivity index (χ4n) is 2.74. The number of aryl methyl sites for hydroxylation is 2. The first kappa shape index (κ1) is 19.2. The molecule has 1 amide bonds. The summed E-state index contributed by atoms with van der Waals surface area (Å²) >= 11 is 1.58. The Labute approximate surface area is 162 Å². The van der Waals surface area contributed by atoms with Crippen LogP contribution >= 0.6 is 11.8 Å². The van der Waals surface area contributed by atoms with E-state index >= 15 is 0 Å². The molecule has 1 heterocycles. The van der Waals surface area contributed by atoms with Gasteiger partial charge in [-0.15, -0.1) is 11.8 Å². The van der Waals surface area contributed by atoms with Gasteiger partial charge in [-0.25, -0.2) is 18.1 Å². The first-order valence-corrected chi connectivity index (χ1v) is 10.8. The maximum Gasteiger partial charge on any atom is 0.285 e. The van der Waals surface area contributed by atoms with Crippen LogP contribution in [0.15, 0.2) is 64.5 Å². The predicted molar refractivity (Wildman–Crippen MR) is 106 cm³/mol. The lowest BCUT2D eigenvalue weighted by Crippen LogP contribution is -2.31. The summed E-state index contributed by atoms with van der Waals surface area (Å²) in [6, 6.07) is 14.2. The topological polar surface area (TPSA) is 81.1 Å². The van der Waals surface area contributed by atoms with E-state index in [1.54, 1.807) is 48.5 Å². The molecule has 140 valence electrons. The molecule has 2 aromatic carbocycles. The van der Waals surface area contributed by atoms with Gasteiger partial charge in [-0.2, -0.15) is 0 Å². The lowest BCUT2D eigenvalue weighted by Gasteiger charge is -2.08. The van der Waals surface area contributed by atoms with Crippen molar-refractivity contribution in [3.63, 3.8) is 0 Å². The highest BCUT2D eigenvalue weighted by atomic mass is 32.2. The summed E-state index contributed by atoms with van der Waals surface area (Å²) in [5.41, 5.74) is 1.49. The first-order chi connectivity index (χ1) is 12.8. The molecule has 1 N–H and O–H groups in total. The third-order valence-electron chi connectivity index (χ3n) is 4.07. The summed E-state index contributed by atoms with van der Waals surface area (Å²) in [7, 11) is -2.20. The monoisotopic (exact) mass is 401 g/mol. The highest BCUT2D eigenvalue weighted by molar-refractivity contribution is 7.98. The molecule has 0 saturated carbocycles. The minimum atomic E-state index is -3.97. The molecular weight excluding hydrogens is 382 g/mol. The Morgan fingerprint density at radius 3 is 2.48 bits per heavy atom. The van der Waals surface area contributed by atoms with Gasteiger partial charge in [0.2, 0.25) is 0 Å². The van der Waals surface area contributed by atoms with Crippen molar-refractivity contribution in [1.29, 1.82) is 0 Å². The van der Waals surface area contributed by atoms with Gasteiger partial charge >= 0.3 is 0 Å². The smallest absolute Gasteiger partial charge is 0.285 e. The van der Waals surface area contributed by atoms with E-state index in [2.05, 4.69) is 9.71 Å². The summed E-state index contributed by atoms with van der Waals surface area (Å²) in [6.45, 7) is 1.68. The quantitative estimate of drug-likeness (QED) is 0.664. The van der Waals surface area contributed by atoms with E-state index in [1.165, 1.54) is 12.3 Å². The molecule has 3 rings (SSSR count). The van der Waals surface area contributed by atoms with E-state index in [0.29, 0.717) is 11.4 Å². The summed E-state index contributed by atoms with van der Waals surface area (Å²) in [5.74, 6) is -0.167. The molecule has 0 fully saturated rings. The van der Waals surface area contributed by atoms with Crippen LogP contribution in [0.25, 0.3) is 11.4 Å². The lowest BCUT2D eigenvalue weighted by atomic mass is 10.2. The average Bonchev–Trinajstić information content (AvgIpc) is 3.03. The molecule has 0 aliphatic rings. The fourth-order valence-corrected chi connectivity index (χ4v) is 4.54. The van der Waals surface area contributed by atoms with Crippen molar-refractivity contribution in [2.45, 2.75) is 16.7 Å². The Balaban J connectivity index is 1.92. The second kappa shape index (κ2) is 7.58. The second-order valence-electron chi connectivity index (χ2n) is 5.96. The van der Waals surface area contributed by atoms with Crippen LogP contribution < -0.4 is 4.72 Å². The van der Waals surface area contributed by atoms with Gasteiger partial charge in [-0.3, -0.25) is 4.79 Å². The Morgan fingerprint density at radius 2 is 1.78 bits per heavy atom. The van der Waals surface area contributed by atoms with Crippen LogP contribution in [0.4, 0.5) is 0 Å². The number of nitrogens with one attached hydrogen (secondary N) is 1. The lowest BCUT2D eigenvalue weighted by molar-refractivity contribution is 0.0977. The van der Waals surface area contributed by atoms with Crippen LogP contribution in [0.5, 0.6) is 0 Å². The minimum absolute atomic E-state index is 0.0422. The van der Waals surface area contributed by atoms with Crippen LogP contribution in [0.1, 0.15) is 16.1 Å². The molecule has 8 heteroatoms. The molecule has 0 bridgehead atoms. The Hall–Kier alpha value is -2.58. The van der Waals surface area contributed by atoms with E-state index in [-0.39, 0.29) is 10.6 Å². The minimum Gasteiger partial charge on any atom is -0.333 e. The van der Waals surface area contributed by atoms with Crippen LogP contribution in [-0.2, 0) is 17.1 Å². The SMILES string of the molecule is CSc1ccccc1-c1nc(C(=O)NS(=O)(=O)c2ccccc2C)cn1C. The first-order valence-electron chi connectivity index (χ1n) is 8.13. The molecule has 0 spiro atoms. The molecule has 0 aliphatic heterocycles. The molecule has 1 aromatic heterocycles. The molecule has 6 nitrogen and oxygen atoms in total.